The van der Waals surface area contributed by atoms with Crippen molar-refractivity contribution in [2.24, 2.45) is 7.05 Å². The molecule has 0 bridgehead atoms. The summed E-state index contributed by atoms with van der Waals surface area (Å²) in [6.07, 6.45) is 0. The fraction of sp³-hybridized carbons (Fsp3) is 0.0164. The Morgan fingerprint density at radius 3 is 1.17 bits per heavy atom. The summed E-state index contributed by atoms with van der Waals surface area (Å²) in [4.78, 5) is 30.9. The molecule has 0 aliphatic carbocycles. The van der Waals surface area contributed by atoms with Crippen LogP contribution in [0.25, 0.3) is 133 Å². The average Bonchev–Trinajstić information content (AvgIpc) is 3.96. The van der Waals surface area contributed by atoms with Crippen LogP contribution >= 0.6 is 11.3 Å². The lowest BCUT2D eigenvalue weighted by Gasteiger charge is -2.15. The van der Waals surface area contributed by atoms with E-state index < -0.39 is 0 Å². The molecule has 0 fully saturated rings. The lowest BCUT2D eigenvalue weighted by molar-refractivity contribution is 1.02. The number of hydrogen-bond donors (Lipinski definition) is 0. The van der Waals surface area contributed by atoms with E-state index in [0.29, 0.717) is 34.9 Å². The zero-order chi connectivity index (χ0) is 45.8. The van der Waals surface area contributed by atoms with E-state index in [2.05, 4.69) is 133 Å². The van der Waals surface area contributed by atoms with Crippen LogP contribution in [-0.2, 0) is 7.05 Å². The first-order valence-corrected chi connectivity index (χ1v) is 23.7. The summed E-state index contributed by atoms with van der Waals surface area (Å²) in [7, 11) is 2.20. The van der Waals surface area contributed by atoms with Gasteiger partial charge >= 0.3 is 0 Å². The standard InChI is InChI=1S/C61H39N7S/c1-68-53-45(42-29-14-16-32-46(42)60-64-56(38-21-6-2-7-22-38)62-57(65-60)39-23-8-3-9-24-39)34-20-35-48(53)52-54(68)49(37-50-44-31-18-19-36-51(44)69-55(50)52)43-30-15-17-33-47(43)61-66-58(40-25-10-4-11-26-40)63-59(67-61)41-27-12-5-13-28-41/h2-37H,1H3. The van der Waals surface area contributed by atoms with E-state index >= 15 is 0 Å². The lowest BCUT2D eigenvalue weighted by atomic mass is 9.94. The molecule has 0 saturated heterocycles. The summed E-state index contributed by atoms with van der Waals surface area (Å²) >= 11 is 1.85. The molecule has 0 atom stereocenters. The van der Waals surface area contributed by atoms with Crippen molar-refractivity contribution in [1.82, 2.24) is 34.5 Å². The van der Waals surface area contributed by atoms with Gasteiger partial charge in [-0.1, -0.05) is 206 Å². The molecular formula is C61H39N7S. The van der Waals surface area contributed by atoms with E-state index in [1.165, 1.54) is 30.9 Å². The van der Waals surface area contributed by atoms with Gasteiger partial charge in [-0.15, -0.1) is 11.3 Å². The van der Waals surface area contributed by atoms with Crippen molar-refractivity contribution in [3.63, 3.8) is 0 Å². The van der Waals surface area contributed by atoms with Gasteiger partial charge in [0.05, 0.1) is 11.0 Å². The fourth-order valence-electron chi connectivity index (χ4n) is 9.77. The molecular weight excluding hydrogens is 863 g/mol. The zero-order valence-electron chi connectivity index (χ0n) is 37.3. The summed E-state index contributed by atoms with van der Waals surface area (Å²) in [6, 6.07) is 75.5. The zero-order valence-corrected chi connectivity index (χ0v) is 38.1. The van der Waals surface area contributed by atoms with E-state index in [4.69, 9.17) is 29.9 Å². The molecule has 324 valence electrons. The molecule has 0 amide bonds. The van der Waals surface area contributed by atoms with Gasteiger partial charge in [0.2, 0.25) is 0 Å². The summed E-state index contributed by atoms with van der Waals surface area (Å²) in [6.45, 7) is 0. The van der Waals surface area contributed by atoms with Gasteiger partial charge in [0.15, 0.2) is 34.9 Å². The predicted octanol–water partition coefficient (Wildman–Crippen LogP) is 15.4. The first-order valence-electron chi connectivity index (χ1n) is 22.9. The smallest absolute Gasteiger partial charge is 0.164 e. The Morgan fingerprint density at radius 1 is 0.304 bits per heavy atom. The Morgan fingerprint density at radius 2 is 0.681 bits per heavy atom. The van der Waals surface area contributed by atoms with Crippen molar-refractivity contribution in [2.45, 2.75) is 0 Å². The van der Waals surface area contributed by atoms with Crippen LogP contribution < -0.4 is 0 Å². The molecule has 7 nitrogen and oxygen atoms in total. The monoisotopic (exact) mass is 901 g/mol. The van der Waals surface area contributed by atoms with Crippen molar-refractivity contribution in [3.05, 3.63) is 218 Å². The van der Waals surface area contributed by atoms with Gasteiger partial charge in [0.25, 0.3) is 0 Å². The number of para-hydroxylation sites is 1. The van der Waals surface area contributed by atoms with Crippen LogP contribution in [0.5, 0.6) is 0 Å². The van der Waals surface area contributed by atoms with Crippen LogP contribution in [0, 0.1) is 0 Å². The Balaban J connectivity index is 1.07. The summed E-state index contributed by atoms with van der Waals surface area (Å²) in [5.41, 5.74) is 12.0. The second kappa shape index (κ2) is 16.7. The Bertz CT molecular complexity index is 3960. The second-order valence-corrected chi connectivity index (χ2v) is 18.1. The number of aromatic nitrogens is 7. The average molecular weight is 902 g/mol. The minimum Gasteiger partial charge on any atom is -0.343 e. The highest BCUT2D eigenvalue weighted by Gasteiger charge is 2.25. The topological polar surface area (TPSA) is 82.3 Å². The minimum atomic E-state index is 0.609. The first kappa shape index (κ1) is 40.3. The number of benzene rings is 9. The number of nitrogens with zero attached hydrogens (tertiary/aromatic N) is 7. The van der Waals surface area contributed by atoms with Gasteiger partial charge in [-0.25, -0.2) is 29.9 Å². The number of rotatable bonds is 8. The van der Waals surface area contributed by atoms with E-state index in [9.17, 15) is 0 Å². The molecule has 0 saturated carbocycles. The van der Waals surface area contributed by atoms with Crippen LogP contribution in [0.15, 0.2) is 218 Å². The largest absolute Gasteiger partial charge is 0.343 e. The van der Waals surface area contributed by atoms with Crippen LogP contribution in [0.1, 0.15) is 0 Å². The number of aryl methyl sites for hydroxylation is 1. The van der Waals surface area contributed by atoms with Crippen molar-refractivity contribution in [1.29, 1.82) is 0 Å². The number of fused-ring (bicyclic) bond motifs is 7. The highest BCUT2D eigenvalue weighted by molar-refractivity contribution is 7.26. The molecule has 13 rings (SSSR count). The fourth-order valence-corrected chi connectivity index (χ4v) is 11.0. The maximum atomic E-state index is 5.23. The highest BCUT2D eigenvalue weighted by atomic mass is 32.1. The minimum absolute atomic E-state index is 0.609. The van der Waals surface area contributed by atoms with Crippen molar-refractivity contribution < 1.29 is 0 Å². The molecule has 4 aromatic heterocycles. The molecule has 9 aromatic carbocycles. The van der Waals surface area contributed by atoms with E-state index in [1.807, 2.05) is 108 Å². The van der Waals surface area contributed by atoms with Crippen molar-refractivity contribution in [2.75, 3.05) is 0 Å². The van der Waals surface area contributed by atoms with Crippen LogP contribution in [0.2, 0.25) is 0 Å². The van der Waals surface area contributed by atoms with Gasteiger partial charge in [-0.2, -0.15) is 0 Å². The van der Waals surface area contributed by atoms with Crippen LogP contribution in [-0.4, -0.2) is 34.5 Å². The highest BCUT2D eigenvalue weighted by Crippen LogP contribution is 2.49. The third-order valence-electron chi connectivity index (χ3n) is 12.9. The molecule has 0 unspecified atom stereocenters. The molecule has 0 aliphatic heterocycles. The van der Waals surface area contributed by atoms with E-state index in [0.717, 1.165) is 66.7 Å². The lowest BCUT2D eigenvalue weighted by Crippen LogP contribution is -2.01. The number of thiophene rings is 1. The molecule has 13 aromatic rings. The molecule has 8 heteroatoms. The molecule has 0 aliphatic rings. The summed E-state index contributed by atoms with van der Waals surface area (Å²) < 4.78 is 4.88. The molecule has 69 heavy (non-hydrogen) atoms. The number of hydrogen-bond acceptors (Lipinski definition) is 7. The summed E-state index contributed by atoms with van der Waals surface area (Å²) in [5, 5.41) is 4.81. The molecule has 0 N–H and O–H groups in total. The van der Waals surface area contributed by atoms with Gasteiger partial charge in [0, 0.05) is 82.5 Å². The summed E-state index contributed by atoms with van der Waals surface area (Å²) in [5.74, 6) is 3.71. The van der Waals surface area contributed by atoms with E-state index in [-0.39, 0.29) is 0 Å². The van der Waals surface area contributed by atoms with Crippen LogP contribution in [0.3, 0.4) is 0 Å². The Hall–Kier alpha value is -8.98. The second-order valence-electron chi connectivity index (χ2n) is 17.1. The van der Waals surface area contributed by atoms with Crippen molar-refractivity contribution in [3.8, 4) is 90.6 Å². The van der Waals surface area contributed by atoms with Gasteiger partial charge in [-0.3, -0.25) is 0 Å². The molecule has 4 heterocycles. The van der Waals surface area contributed by atoms with Crippen molar-refractivity contribution >= 4 is 53.3 Å². The first-order chi connectivity index (χ1) is 34.1. The van der Waals surface area contributed by atoms with Gasteiger partial charge < -0.3 is 4.57 Å². The Kier molecular flexibility index (Phi) is 9.77. The molecule has 0 radical (unpaired) electrons. The SMILES string of the molecule is Cn1c2c(-c3ccccc3-c3nc(-c4ccccc4)nc(-c4ccccc4)n3)cccc2c2c3sc4ccccc4c3cc(-c3ccccc3-c3nc(-c4ccccc4)nc(-c4ccccc4)n3)c21. The maximum Gasteiger partial charge on any atom is 0.164 e. The Labute approximate surface area is 401 Å². The molecule has 0 spiro atoms. The predicted molar refractivity (Wildman–Crippen MR) is 284 cm³/mol. The quantitative estimate of drug-likeness (QED) is 0.151. The van der Waals surface area contributed by atoms with Gasteiger partial charge in [-0.05, 0) is 23.3 Å². The maximum absolute atomic E-state index is 5.23. The third kappa shape index (κ3) is 6.96. The van der Waals surface area contributed by atoms with Gasteiger partial charge in [0.1, 0.15) is 0 Å². The normalized spacial score (nSPS) is 11.6. The van der Waals surface area contributed by atoms with E-state index in [1.54, 1.807) is 0 Å². The van der Waals surface area contributed by atoms with Crippen LogP contribution in [0.4, 0.5) is 0 Å². The third-order valence-corrected chi connectivity index (χ3v) is 14.1.